The van der Waals surface area contributed by atoms with Gasteiger partial charge in [0, 0.05) is 11.7 Å². The molecule has 0 atom stereocenters. The monoisotopic (exact) mass is 398 g/mol. The number of benzene rings is 2. The van der Waals surface area contributed by atoms with E-state index >= 15 is 0 Å². The van der Waals surface area contributed by atoms with Crippen LogP contribution >= 0.6 is 0 Å². The van der Waals surface area contributed by atoms with Crippen LogP contribution in [0.1, 0.15) is 36.8 Å². The third-order valence-corrected chi connectivity index (χ3v) is 5.60. The molecule has 2 aromatic heterocycles. The van der Waals surface area contributed by atoms with E-state index in [2.05, 4.69) is 47.8 Å². The third kappa shape index (κ3) is 3.73. The molecule has 0 spiro atoms. The SMILES string of the molecule is Cc1cc(C)cc(Nc2nc(NC3CCCC3)nc3c2cnn3-c2ccccc2)c1. The van der Waals surface area contributed by atoms with Gasteiger partial charge in [-0.3, -0.25) is 0 Å². The number of fused-ring (bicyclic) bond motifs is 1. The lowest BCUT2D eigenvalue weighted by atomic mass is 10.1. The zero-order valence-electron chi connectivity index (χ0n) is 17.4. The first-order valence-electron chi connectivity index (χ1n) is 10.6. The van der Waals surface area contributed by atoms with E-state index in [1.807, 2.05) is 41.2 Å². The first-order valence-corrected chi connectivity index (χ1v) is 10.6. The number of aryl methyl sites for hydroxylation is 2. The summed E-state index contributed by atoms with van der Waals surface area (Å²) in [5.74, 6) is 1.42. The summed E-state index contributed by atoms with van der Waals surface area (Å²) in [4.78, 5) is 9.69. The van der Waals surface area contributed by atoms with Gasteiger partial charge in [0.2, 0.25) is 5.95 Å². The minimum absolute atomic E-state index is 0.435. The zero-order valence-corrected chi connectivity index (χ0v) is 17.4. The van der Waals surface area contributed by atoms with E-state index in [9.17, 15) is 0 Å². The van der Waals surface area contributed by atoms with Crippen LogP contribution in [0.3, 0.4) is 0 Å². The molecule has 2 aromatic carbocycles. The van der Waals surface area contributed by atoms with Crippen molar-refractivity contribution in [3.63, 3.8) is 0 Å². The standard InChI is InChI=1S/C24H26N6/c1-16-12-17(2)14-19(13-16)26-22-21-15-25-30(20-10-4-3-5-11-20)23(21)29-24(28-22)27-18-8-6-7-9-18/h3-5,10-15,18H,6-9H2,1-2H3,(H2,26,27,28,29). The molecule has 1 saturated carbocycles. The Labute approximate surface area is 176 Å². The molecule has 6 heteroatoms. The molecule has 2 heterocycles. The van der Waals surface area contributed by atoms with Crippen LogP contribution in [0.4, 0.5) is 17.5 Å². The number of nitrogens with one attached hydrogen (secondary N) is 2. The first-order chi connectivity index (χ1) is 14.7. The molecule has 152 valence electrons. The molecule has 30 heavy (non-hydrogen) atoms. The second kappa shape index (κ2) is 7.78. The normalized spacial score (nSPS) is 14.3. The van der Waals surface area contributed by atoms with Crippen molar-refractivity contribution < 1.29 is 0 Å². The average Bonchev–Trinajstić information content (AvgIpc) is 3.38. The van der Waals surface area contributed by atoms with Crippen LogP contribution in [0, 0.1) is 13.8 Å². The second-order valence-corrected chi connectivity index (χ2v) is 8.15. The van der Waals surface area contributed by atoms with E-state index in [1.54, 1.807) is 0 Å². The molecule has 2 N–H and O–H groups in total. The molecule has 6 nitrogen and oxygen atoms in total. The summed E-state index contributed by atoms with van der Waals surface area (Å²) in [6, 6.07) is 17.0. The van der Waals surface area contributed by atoms with Gasteiger partial charge < -0.3 is 10.6 Å². The van der Waals surface area contributed by atoms with Crippen LogP contribution in [0.15, 0.2) is 54.7 Å². The van der Waals surface area contributed by atoms with Crippen LogP contribution < -0.4 is 10.6 Å². The Morgan fingerprint density at radius 1 is 0.933 bits per heavy atom. The number of rotatable bonds is 5. The highest BCUT2D eigenvalue weighted by Crippen LogP contribution is 2.29. The number of aromatic nitrogens is 4. The summed E-state index contributed by atoms with van der Waals surface area (Å²) >= 11 is 0. The molecular weight excluding hydrogens is 372 g/mol. The fourth-order valence-electron chi connectivity index (χ4n) is 4.26. The summed E-state index contributed by atoms with van der Waals surface area (Å²) in [6.07, 6.45) is 6.69. The molecule has 0 radical (unpaired) electrons. The summed E-state index contributed by atoms with van der Waals surface area (Å²) in [5.41, 5.74) is 5.23. The molecule has 0 bridgehead atoms. The van der Waals surface area contributed by atoms with Crippen molar-refractivity contribution in [2.45, 2.75) is 45.6 Å². The second-order valence-electron chi connectivity index (χ2n) is 8.15. The minimum atomic E-state index is 0.435. The van der Waals surface area contributed by atoms with E-state index in [4.69, 9.17) is 9.97 Å². The maximum atomic E-state index is 4.85. The molecule has 0 aliphatic heterocycles. The van der Waals surface area contributed by atoms with Gasteiger partial charge >= 0.3 is 0 Å². The van der Waals surface area contributed by atoms with Crippen molar-refractivity contribution in [1.29, 1.82) is 0 Å². The van der Waals surface area contributed by atoms with Crippen molar-refractivity contribution in [3.8, 4) is 5.69 Å². The number of nitrogens with zero attached hydrogens (tertiary/aromatic N) is 4. The van der Waals surface area contributed by atoms with Crippen LogP contribution in [-0.2, 0) is 0 Å². The number of hydrogen-bond donors (Lipinski definition) is 2. The molecular formula is C24H26N6. The van der Waals surface area contributed by atoms with Crippen LogP contribution in [0.25, 0.3) is 16.7 Å². The third-order valence-electron chi connectivity index (χ3n) is 5.60. The van der Waals surface area contributed by atoms with Crippen molar-refractivity contribution in [3.05, 3.63) is 65.9 Å². The fourth-order valence-corrected chi connectivity index (χ4v) is 4.26. The number of para-hydroxylation sites is 1. The highest BCUT2D eigenvalue weighted by molar-refractivity contribution is 5.90. The average molecular weight is 399 g/mol. The summed E-state index contributed by atoms with van der Waals surface area (Å²) in [6.45, 7) is 4.21. The van der Waals surface area contributed by atoms with E-state index in [0.29, 0.717) is 12.0 Å². The predicted octanol–water partition coefficient (Wildman–Crippen LogP) is 5.53. The highest BCUT2D eigenvalue weighted by Gasteiger charge is 2.19. The molecule has 1 aliphatic rings. The van der Waals surface area contributed by atoms with E-state index in [-0.39, 0.29) is 0 Å². The van der Waals surface area contributed by atoms with Gasteiger partial charge in [0.15, 0.2) is 5.65 Å². The van der Waals surface area contributed by atoms with Crippen molar-refractivity contribution in [1.82, 2.24) is 19.7 Å². The smallest absolute Gasteiger partial charge is 0.226 e. The summed E-state index contributed by atoms with van der Waals surface area (Å²) in [7, 11) is 0. The van der Waals surface area contributed by atoms with Crippen molar-refractivity contribution in [2.24, 2.45) is 0 Å². The van der Waals surface area contributed by atoms with Gasteiger partial charge in [0.05, 0.1) is 17.3 Å². The molecule has 1 aliphatic carbocycles. The number of anilines is 3. The first kappa shape index (κ1) is 18.6. The fraction of sp³-hybridized carbons (Fsp3) is 0.292. The van der Waals surface area contributed by atoms with E-state index < -0.39 is 0 Å². The van der Waals surface area contributed by atoms with E-state index in [0.717, 1.165) is 28.2 Å². The van der Waals surface area contributed by atoms with Gasteiger partial charge in [-0.1, -0.05) is 37.1 Å². The zero-order chi connectivity index (χ0) is 20.5. The molecule has 0 amide bonds. The van der Waals surface area contributed by atoms with Gasteiger partial charge in [0.25, 0.3) is 0 Å². The Hall–Kier alpha value is -3.41. The highest BCUT2D eigenvalue weighted by atomic mass is 15.3. The molecule has 4 aromatic rings. The Morgan fingerprint density at radius 3 is 2.40 bits per heavy atom. The lowest BCUT2D eigenvalue weighted by Gasteiger charge is -2.15. The Bertz CT molecular complexity index is 1160. The lowest BCUT2D eigenvalue weighted by molar-refractivity contribution is 0.744. The van der Waals surface area contributed by atoms with Crippen LogP contribution in [-0.4, -0.2) is 25.8 Å². The molecule has 0 saturated heterocycles. The van der Waals surface area contributed by atoms with Crippen LogP contribution in [0.2, 0.25) is 0 Å². The molecule has 0 unspecified atom stereocenters. The Morgan fingerprint density at radius 2 is 1.67 bits per heavy atom. The maximum absolute atomic E-state index is 4.85. The quantitative estimate of drug-likeness (QED) is 0.463. The number of hydrogen-bond acceptors (Lipinski definition) is 5. The summed E-state index contributed by atoms with van der Waals surface area (Å²) < 4.78 is 1.88. The Kier molecular flexibility index (Phi) is 4.83. The van der Waals surface area contributed by atoms with Gasteiger partial charge in [-0.05, 0) is 62.1 Å². The van der Waals surface area contributed by atoms with Gasteiger partial charge in [0.1, 0.15) is 5.82 Å². The largest absolute Gasteiger partial charge is 0.351 e. The van der Waals surface area contributed by atoms with E-state index in [1.165, 1.54) is 36.8 Å². The summed E-state index contributed by atoms with van der Waals surface area (Å²) in [5, 5.41) is 12.6. The molecule has 1 fully saturated rings. The van der Waals surface area contributed by atoms with Gasteiger partial charge in [-0.25, -0.2) is 4.68 Å². The van der Waals surface area contributed by atoms with Crippen molar-refractivity contribution in [2.75, 3.05) is 10.6 Å². The minimum Gasteiger partial charge on any atom is -0.351 e. The molecule has 5 rings (SSSR count). The van der Waals surface area contributed by atoms with Gasteiger partial charge in [-0.2, -0.15) is 15.1 Å². The van der Waals surface area contributed by atoms with Crippen molar-refractivity contribution >= 4 is 28.5 Å². The Balaban J connectivity index is 1.61. The lowest BCUT2D eigenvalue weighted by Crippen LogP contribution is -2.17. The van der Waals surface area contributed by atoms with Gasteiger partial charge in [-0.15, -0.1) is 0 Å². The topological polar surface area (TPSA) is 67.7 Å². The van der Waals surface area contributed by atoms with Crippen LogP contribution in [0.5, 0.6) is 0 Å². The maximum Gasteiger partial charge on any atom is 0.226 e. The predicted molar refractivity (Wildman–Crippen MR) is 122 cm³/mol.